The van der Waals surface area contributed by atoms with Crippen LogP contribution in [0.15, 0.2) is 39.7 Å². The SMILES string of the molecule is CCOc1cc(/C=C2/SC(=S)N(c3ccc(C)cc3C)C2=O)c(Br)cc1O. The minimum atomic E-state index is -0.158. The lowest BCUT2D eigenvalue weighted by Gasteiger charge is -2.17. The number of phenols is 1. The summed E-state index contributed by atoms with van der Waals surface area (Å²) in [4.78, 5) is 15.1. The zero-order chi connectivity index (χ0) is 19.7. The third-order valence-electron chi connectivity index (χ3n) is 4.05. The molecule has 0 saturated carbocycles. The van der Waals surface area contributed by atoms with Gasteiger partial charge in [0.2, 0.25) is 0 Å². The Morgan fingerprint density at radius 1 is 1.30 bits per heavy atom. The van der Waals surface area contributed by atoms with Crippen LogP contribution < -0.4 is 9.64 Å². The van der Waals surface area contributed by atoms with Crippen LogP contribution in [0.4, 0.5) is 5.69 Å². The maximum atomic E-state index is 13.0. The van der Waals surface area contributed by atoms with E-state index >= 15 is 0 Å². The molecule has 0 aromatic heterocycles. The molecule has 2 aromatic rings. The van der Waals surface area contributed by atoms with E-state index in [0.29, 0.717) is 26.1 Å². The third-order valence-corrected chi connectivity index (χ3v) is 6.04. The standard InChI is InChI=1S/C20H18BrNO3S2/c1-4-25-17-8-13(14(21)10-16(17)23)9-18-19(24)22(20(26)27-18)15-6-5-11(2)7-12(15)3/h5-10,23H,4H2,1-3H3/b18-9+. The van der Waals surface area contributed by atoms with Crippen LogP contribution in [0.2, 0.25) is 0 Å². The van der Waals surface area contributed by atoms with Crippen molar-refractivity contribution in [2.24, 2.45) is 0 Å². The first-order valence-corrected chi connectivity index (χ1v) is 10.3. The Morgan fingerprint density at radius 2 is 2.04 bits per heavy atom. The van der Waals surface area contributed by atoms with Crippen LogP contribution in [0.1, 0.15) is 23.6 Å². The van der Waals surface area contributed by atoms with E-state index in [2.05, 4.69) is 15.9 Å². The van der Waals surface area contributed by atoms with Crippen LogP contribution in [-0.4, -0.2) is 21.9 Å². The van der Waals surface area contributed by atoms with Crippen molar-refractivity contribution < 1.29 is 14.6 Å². The number of benzene rings is 2. The van der Waals surface area contributed by atoms with Gasteiger partial charge in [0, 0.05) is 4.47 Å². The van der Waals surface area contributed by atoms with E-state index in [9.17, 15) is 9.90 Å². The van der Waals surface area contributed by atoms with Crippen molar-refractivity contribution in [2.45, 2.75) is 20.8 Å². The van der Waals surface area contributed by atoms with E-state index in [1.54, 1.807) is 23.1 Å². The number of ether oxygens (including phenoxy) is 1. The predicted octanol–water partition coefficient (Wildman–Crippen LogP) is 5.58. The molecule has 0 radical (unpaired) electrons. The van der Waals surface area contributed by atoms with Gasteiger partial charge in [-0.3, -0.25) is 9.69 Å². The lowest BCUT2D eigenvalue weighted by Crippen LogP contribution is -2.28. The maximum absolute atomic E-state index is 13.0. The smallest absolute Gasteiger partial charge is 0.270 e. The van der Waals surface area contributed by atoms with E-state index in [1.807, 2.05) is 39.0 Å². The van der Waals surface area contributed by atoms with Crippen LogP contribution >= 0.6 is 39.9 Å². The predicted molar refractivity (Wildman–Crippen MR) is 119 cm³/mol. The summed E-state index contributed by atoms with van der Waals surface area (Å²) in [5, 5.41) is 9.97. The summed E-state index contributed by atoms with van der Waals surface area (Å²) in [5.74, 6) is 0.260. The molecule has 7 heteroatoms. The summed E-state index contributed by atoms with van der Waals surface area (Å²) in [6, 6.07) is 9.17. The minimum absolute atomic E-state index is 0.0451. The molecule has 1 saturated heterocycles. The summed E-state index contributed by atoms with van der Waals surface area (Å²) in [6.45, 7) is 6.26. The third kappa shape index (κ3) is 4.05. The average Bonchev–Trinajstić information content (AvgIpc) is 2.86. The molecule has 2 aromatic carbocycles. The molecule has 1 fully saturated rings. The molecule has 0 spiro atoms. The number of carbonyl (C=O) groups is 1. The number of rotatable bonds is 4. The fourth-order valence-corrected chi connectivity index (χ4v) is 4.53. The van der Waals surface area contributed by atoms with E-state index < -0.39 is 0 Å². The molecule has 1 N–H and O–H groups in total. The van der Waals surface area contributed by atoms with E-state index in [1.165, 1.54) is 11.8 Å². The van der Waals surface area contributed by atoms with Crippen LogP contribution in [0.25, 0.3) is 6.08 Å². The lowest BCUT2D eigenvalue weighted by molar-refractivity contribution is -0.113. The molecule has 1 aliphatic heterocycles. The van der Waals surface area contributed by atoms with Gasteiger partial charge in [0.1, 0.15) is 0 Å². The Morgan fingerprint density at radius 3 is 2.70 bits per heavy atom. The lowest BCUT2D eigenvalue weighted by atomic mass is 10.1. The Bertz CT molecular complexity index is 972. The minimum Gasteiger partial charge on any atom is -0.504 e. The van der Waals surface area contributed by atoms with Gasteiger partial charge in [-0.05, 0) is 56.2 Å². The molecule has 0 atom stereocenters. The summed E-state index contributed by atoms with van der Waals surface area (Å²) in [5.41, 5.74) is 3.66. The highest BCUT2D eigenvalue weighted by Gasteiger charge is 2.34. The number of anilines is 1. The molecule has 1 amide bonds. The molecule has 0 bridgehead atoms. The molecule has 3 rings (SSSR count). The van der Waals surface area contributed by atoms with Crippen molar-refractivity contribution in [1.29, 1.82) is 0 Å². The van der Waals surface area contributed by atoms with Crippen molar-refractivity contribution in [1.82, 2.24) is 0 Å². The van der Waals surface area contributed by atoms with Crippen LogP contribution in [0, 0.1) is 13.8 Å². The van der Waals surface area contributed by atoms with Gasteiger partial charge in [-0.25, -0.2) is 0 Å². The van der Waals surface area contributed by atoms with Gasteiger partial charge < -0.3 is 9.84 Å². The molecular weight excluding hydrogens is 446 g/mol. The quantitative estimate of drug-likeness (QED) is 0.473. The first-order valence-electron chi connectivity index (χ1n) is 8.32. The summed E-state index contributed by atoms with van der Waals surface area (Å²) < 4.78 is 6.60. The van der Waals surface area contributed by atoms with Gasteiger partial charge in [-0.15, -0.1) is 0 Å². The zero-order valence-corrected chi connectivity index (χ0v) is 18.3. The van der Waals surface area contributed by atoms with Gasteiger partial charge in [0.15, 0.2) is 15.8 Å². The highest BCUT2D eigenvalue weighted by molar-refractivity contribution is 9.10. The van der Waals surface area contributed by atoms with Gasteiger partial charge in [0.25, 0.3) is 5.91 Å². The number of carbonyl (C=O) groups excluding carboxylic acids is 1. The molecular formula is C20H18BrNO3S2. The second-order valence-corrected chi connectivity index (χ2v) is 8.61. The monoisotopic (exact) mass is 463 g/mol. The number of aromatic hydroxyl groups is 1. The first-order chi connectivity index (χ1) is 12.8. The molecule has 140 valence electrons. The molecule has 4 nitrogen and oxygen atoms in total. The Kier molecular flexibility index (Phi) is 5.93. The molecule has 0 aliphatic carbocycles. The summed E-state index contributed by atoms with van der Waals surface area (Å²) >= 11 is 10.1. The number of nitrogens with zero attached hydrogens (tertiary/aromatic N) is 1. The van der Waals surface area contributed by atoms with Crippen LogP contribution in [-0.2, 0) is 4.79 Å². The van der Waals surface area contributed by atoms with Gasteiger partial charge >= 0.3 is 0 Å². The van der Waals surface area contributed by atoms with E-state index in [4.69, 9.17) is 17.0 Å². The molecule has 1 heterocycles. The normalized spacial score (nSPS) is 15.7. The molecule has 27 heavy (non-hydrogen) atoms. The largest absolute Gasteiger partial charge is 0.504 e. The van der Waals surface area contributed by atoms with Crippen LogP contribution in [0.5, 0.6) is 11.5 Å². The summed E-state index contributed by atoms with van der Waals surface area (Å²) in [6.07, 6.45) is 1.76. The number of amides is 1. The Balaban J connectivity index is 1.98. The Labute approximate surface area is 176 Å². The van der Waals surface area contributed by atoms with Crippen molar-refractivity contribution >= 4 is 61.9 Å². The number of aryl methyl sites for hydroxylation is 2. The topological polar surface area (TPSA) is 49.8 Å². The molecule has 0 unspecified atom stereocenters. The van der Waals surface area contributed by atoms with Crippen LogP contribution in [0.3, 0.4) is 0 Å². The second-order valence-electron chi connectivity index (χ2n) is 6.08. The van der Waals surface area contributed by atoms with Crippen molar-refractivity contribution in [2.75, 3.05) is 11.5 Å². The first kappa shape index (κ1) is 19.9. The fourth-order valence-electron chi connectivity index (χ4n) is 2.81. The number of hydrogen-bond donors (Lipinski definition) is 1. The fraction of sp³-hybridized carbons (Fsp3) is 0.200. The van der Waals surface area contributed by atoms with Crippen molar-refractivity contribution in [3.05, 3.63) is 56.4 Å². The van der Waals surface area contributed by atoms with Gasteiger partial charge in [0.05, 0.1) is 17.2 Å². The van der Waals surface area contributed by atoms with Gasteiger partial charge in [-0.2, -0.15) is 0 Å². The molecule has 1 aliphatic rings. The second kappa shape index (κ2) is 8.04. The van der Waals surface area contributed by atoms with Crippen molar-refractivity contribution in [3.63, 3.8) is 0 Å². The Hall–Kier alpha value is -1.83. The van der Waals surface area contributed by atoms with E-state index in [-0.39, 0.29) is 11.7 Å². The highest BCUT2D eigenvalue weighted by atomic mass is 79.9. The van der Waals surface area contributed by atoms with E-state index in [0.717, 1.165) is 22.4 Å². The average molecular weight is 464 g/mol. The number of halogens is 1. The number of hydrogen-bond acceptors (Lipinski definition) is 5. The number of thioether (sulfide) groups is 1. The number of thiocarbonyl (C=S) groups is 1. The highest BCUT2D eigenvalue weighted by Crippen LogP contribution is 2.40. The number of phenolic OH excluding ortho intramolecular Hbond substituents is 1. The van der Waals surface area contributed by atoms with Gasteiger partial charge in [-0.1, -0.05) is 57.6 Å². The zero-order valence-electron chi connectivity index (χ0n) is 15.1. The van der Waals surface area contributed by atoms with Crippen molar-refractivity contribution in [3.8, 4) is 11.5 Å². The maximum Gasteiger partial charge on any atom is 0.270 e. The summed E-state index contributed by atoms with van der Waals surface area (Å²) in [7, 11) is 0.